The summed E-state index contributed by atoms with van der Waals surface area (Å²) in [5.41, 5.74) is 6.39. The van der Waals surface area contributed by atoms with Crippen molar-refractivity contribution in [1.82, 2.24) is 4.98 Å². The first-order valence-electron chi connectivity index (χ1n) is 6.67. The van der Waals surface area contributed by atoms with Gasteiger partial charge < -0.3 is 10.5 Å². The molecule has 1 fully saturated rings. The summed E-state index contributed by atoms with van der Waals surface area (Å²) >= 11 is 0. The molecule has 0 aliphatic heterocycles. The first kappa shape index (κ1) is 13.3. The van der Waals surface area contributed by atoms with Crippen molar-refractivity contribution in [3.05, 3.63) is 23.6 Å². The molecule has 2 rings (SSSR count). The lowest BCUT2D eigenvalue weighted by Gasteiger charge is -2.25. The highest BCUT2D eigenvalue weighted by Gasteiger charge is 2.39. The summed E-state index contributed by atoms with van der Waals surface area (Å²) in [5.74, 6) is 0.275. The van der Waals surface area contributed by atoms with Crippen LogP contribution in [0, 0.1) is 11.7 Å². The minimum absolute atomic E-state index is 0.0692. The second-order valence-electron chi connectivity index (χ2n) is 5.08. The fourth-order valence-corrected chi connectivity index (χ4v) is 2.82. The largest absolute Gasteiger partial charge is 0.476 e. The molecule has 1 saturated carbocycles. The molecular formula is C14H21FN2O. The van der Waals surface area contributed by atoms with Gasteiger partial charge in [0.1, 0.15) is 0 Å². The minimum Gasteiger partial charge on any atom is -0.476 e. The number of rotatable bonds is 4. The molecule has 1 aromatic heterocycles. The lowest BCUT2D eigenvalue weighted by molar-refractivity contribution is 0.299. The average Bonchev–Trinajstić information content (AvgIpc) is 2.75. The van der Waals surface area contributed by atoms with E-state index in [0.717, 1.165) is 25.7 Å². The van der Waals surface area contributed by atoms with Crippen LogP contribution in [0.5, 0.6) is 5.88 Å². The highest BCUT2D eigenvalue weighted by atomic mass is 19.1. The van der Waals surface area contributed by atoms with Crippen molar-refractivity contribution in [2.75, 3.05) is 6.61 Å². The number of aromatic nitrogens is 1. The van der Waals surface area contributed by atoms with Gasteiger partial charge in [0.15, 0.2) is 5.82 Å². The highest BCUT2D eigenvalue weighted by molar-refractivity contribution is 5.31. The molecule has 1 aromatic rings. The zero-order chi connectivity index (χ0) is 13.2. The van der Waals surface area contributed by atoms with Gasteiger partial charge in [-0.15, -0.1) is 0 Å². The quantitative estimate of drug-likeness (QED) is 0.896. The zero-order valence-corrected chi connectivity index (χ0v) is 11.1. The maximum Gasteiger partial charge on any atom is 0.250 e. The number of nitrogens with two attached hydrogens (primary N) is 1. The molecule has 1 aliphatic carbocycles. The maximum atomic E-state index is 14.3. The molecule has 3 nitrogen and oxygen atoms in total. The molecule has 100 valence electrons. The van der Waals surface area contributed by atoms with E-state index >= 15 is 0 Å². The van der Waals surface area contributed by atoms with Crippen LogP contribution in [0.15, 0.2) is 12.3 Å². The van der Waals surface area contributed by atoms with Crippen LogP contribution in [0.3, 0.4) is 0 Å². The summed E-state index contributed by atoms with van der Waals surface area (Å²) in [7, 11) is 0. The number of hydrogen-bond donors (Lipinski definition) is 1. The Morgan fingerprint density at radius 1 is 1.56 bits per heavy atom. The van der Waals surface area contributed by atoms with Crippen molar-refractivity contribution >= 4 is 0 Å². The van der Waals surface area contributed by atoms with Crippen LogP contribution in [0.4, 0.5) is 4.39 Å². The van der Waals surface area contributed by atoms with Gasteiger partial charge in [-0.2, -0.15) is 0 Å². The molecule has 0 radical (unpaired) electrons. The van der Waals surface area contributed by atoms with E-state index in [4.69, 9.17) is 10.5 Å². The predicted octanol–water partition coefficient (Wildman–Crippen LogP) is 2.98. The van der Waals surface area contributed by atoms with E-state index in [1.54, 1.807) is 12.3 Å². The third-order valence-electron chi connectivity index (χ3n) is 3.90. The Labute approximate surface area is 108 Å². The lowest BCUT2D eigenvalue weighted by atomic mass is 9.88. The minimum atomic E-state index is -0.556. The van der Waals surface area contributed by atoms with Crippen molar-refractivity contribution in [1.29, 1.82) is 0 Å². The number of hydrogen-bond acceptors (Lipinski definition) is 3. The van der Waals surface area contributed by atoms with E-state index in [1.807, 2.05) is 6.92 Å². The Balaban J connectivity index is 2.30. The molecule has 1 aliphatic rings. The van der Waals surface area contributed by atoms with E-state index in [0.29, 0.717) is 18.1 Å². The third kappa shape index (κ3) is 2.34. The van der Waals surface area contributed by atoms with Crippen LogP contribution in [-0.4, -0.2) is 11.6 Å². The molecule has 0 amide bonds. The fraction of sp³-hybridized carbons (Fsp3) is 0.643. The Morgan fingerprint density at radius 3 is 2.94 bits per heavy atom. The van der Waals surface area contributed by atoms with Gasteiger partial charge in [-0.05, 0) is 38.2 Å². The van der Waals surface area contributed by atoms with Gasteiger partial charge >= 0.3 is 0 Å². The monoisotopic (exact) mass is 252 g/mol. The molecule has 18 heavy (non-hydrogen) atoms. The summed E-state index contributed by atoms with van der Waals surface area (Å²) in [6.45, 7) is 4.38. The van der Waals surface area contributed by atoms with Gasteiger partial charge in [-0.25, -0.2) is 9.37 Å². The van der Waals surface area contributed by atoms with Crippen LogP contribution in [-0.2, 0) is 5.54 Å². The summed E-state index contributed by atoms with van der Waals surface area (Å²) in [6, 6.07) is 1.69. The van der Waals surface area contributed by atoms with Gasteiger partial charge in [0, 0.05) is 17.3 Å². The molecule has 4 heteroatoms. The topological polar surface area (TPSA) is 48.1 Å². The van der Waals surface area contributed by atoms with Crippen molar-refractivity contribution < 1.29 is 9.13 Å². The molecule has 0 spiro atoms. The van der Waals surface area contributed by atoms with Gasteiger partial charge in [0.2, 0.25) is 0 Å². The van der Waals surface area contributed by atoms with Crippen LogP contribution in [0.2, 0.25) is 0 Å². The zero-order valence-electron chi connectivity index (χ0n) is 11.1. The van der Waals surface area contributed by atoms with Gasteiger partial charge in [-0.1, -0.05) is 13.3 Å². The average molecular weight is 252 g/mol. The van der Waals surface area contributed by atoms with Gasteiger partial charge in [0.05, 0.1) is 6.61 Å². The number of nitrogens with zero attached hydrogens (tertiary/aromatic N) is 1. The van der Waals surface area contributed by atoms with E-state index < -0.39 is 11.4 Å². The van der Waals surface area contributed by atoms with Crippen molar-refractivity contribution in [2.24, 2.45) is 11.7 Å². The number of ether oxygens (including phenoxy) is 1. The van der Waals surface area contributed by atoms with Gasteiger partial charge in [0.25, 0.3) is 5.88 Å². The third-order valence-corrected chi connectivity index (χ3v) is 3.90. The molecule has 2 atom stereocenters. The molecule has 2 N–H and O–H groups in total. The summed E-state index contributed by atoms with van der Waals surface area (Å²) < 4.78 is 19.5. The fourth-order valence-electron chi connectivity index (χ4n) is 2.82. The van der Waals surface area contributed by atoms with Gasteiger partial charge in [-0.3, -0.25) is 0 Å². The number of pyridine rings is 1. The van der Waals surface area contributed by atoms with Crippen LogP contribution >= 0.6 is 0 Å². The Morgan fingerprint density at radius 2 is 2.33 bits per heavy atom. The highest BCUT2D eigenvalue weighted by Crippen LogP contribution is 2.43. The SMILES string of the molecule is CCOc1nccc(C2(N)CCC(CC)C2)c1F. The second-order valence-corrected chi connectivity index (χ2v) is 5.08. The first-order valence-corrected chi connectivity index (χ1v) is 6.67. The second kappa shape index (κ2) is 5.22. The lowest BCUT2D eigenvalue weighted by Crippen LogP contribution is -2.35. The first-order chi connectivity index (χ1) is 8.60. The van der Waals surface area contributed by atoms with E-state index in [-0.39, 0.29) is 5.88 Å². The molecule has 2 unspecified atom stereocenters. The summed E-state index contributed by atoms with van der Waals surface area (Å²) in [4.78, 5) is 3.92. The number of halogens is 1. The van der Waals surface area contributed by atoms with E-state index in [2.05, 4.69) is 11.9 Å². The molecule has 0 bridgehead atoms. The Kier molecular flexibility index (Phi) is 3.85. The molecular weight excluding hydrogens is 231 g/mol. The summed E-state index contributed by atoms with van der Waals surface area (Å²) in [5, 5.41) is 0. The normalized spacial score (nSPS) is 27.4. The van der Waals surface area contributed by atoms with Crippen molar-refractivity contribution in [3.8, 4) is 5.88 Å². The predicted molar refractivity (Wildman–Crippen MR) is 68.9 cm³/mol. The van der Waals surface area contributed by atoms with Crippen molar-refractivity contribution in [3.63, 3.8) is 0 Å². The van der Waals surface area contributed by atoms with Crippen LogP contribution in [0.1, 0.15) is 45.1 Å². The summed E-state index contributed by atoms with van der Waals surface area (Å²) in [6.07, 6.45) is 5.42. The maximum absolute atomic E-state index is 14.3. The molecule has 1 heterocycles. The van der Waals surface area contributed by atoms with Crippen molar-refractivity contribution in [2.45, 2.75) is 45.1 Å². The standard InChI is InChI=1S/C14H21FN2O/c1-3-10-5-7-14(16,9-10)11-6-8-17-13(12(11)15)18-4-2/h6,8,10H,3-5,7,9,16H2,1-2H3. The van der Waals surface area contributed by atoms with Crippen LogP contribution < -0.4 is 10.5 Å². The smallest absolute Gasteiger partial charge is 0.250 e. The Bertz CT molecular complexity index is 424. The molecule has 0 aromatic carbocycles. The molecule has 0 saturated heterocycles. The van der Waals surface area contributed by atoms with E-state index in [9.17, 15) is 4.39 Å². The Hall–Kier alpha value is -1.16. The van der Waals surface area contributed by atoms with E-state index in [1.165, 1.54) is 0 Å². The van der Waals surface area contributed by atoms with Crippen LogP contribution in [0.25, 0.3) is 0 Å².